The van der Waals surface area contributed by atoms with Gasteiger partial charge in [-0.15, -0.1) is 11.3 Å². The third-order valence-corrected chi connectivity index (χ3v) is 8.40. The third kappa shape index (κ3) is 4.89. The number of piperidine rings is 1. The molecule has 34 heavy (non-hydrogen) atoms. The Balaban J connectivity index is 1.24. The molecule has 1 spiro atoms. The zero-order valence-corrected chi connectivity index (χ0v) is 21.8. The van der Waals surface area contributed by atoms with Gasteiger partial charge in [0.15, 0.2) is 5.13 Å². The molecule has 0 radical (unpaired) electrons. The molecule has 2 fully saturated rings. The van der Waals surface area contributed by atoms with Crippen molar-refractivity contribution in [2.75, 3.05) is 39.5 Å². The van der Waals surface area contributed by atoms with Crippen LogP contribution in [0.3, 0.4) is 0 Å². The molecule has 1 atom stereocenters. The summed E-state index contributed by atoms with van der Waals surface area (Å²) in [4.78, 5) is 33.2. The molecule has 0 unspecified atom stereocenters. The van der Waals surface area contributed by atoms with Gasteiger partial charge in [0.2, 0.25) is 5.91 Å². The Hall–Kier alpha value is -2.32. The van der Waals surface area contributed by atoms with Crippen molar-refractivity contribution < 1.29 is 14.3 Å². The minimum Gasteiger partial charge on any atom is -0.494 e. The normalized spacial score (nSPS) is 19.2. The van der Waals surface area contributed by atoms with Crippen molar-refractivity contribution in [3.8, 4) is 5.75 Å². The van der Waals surface area contributed by atoms with E-state index in [1.807, 2.05) is 24.1 Å². The molecule has 9 heteroatoms. The van der Waals surface area contributed by atoms with Gasteiger partial charge in [-0.1, -0.05) is 11.6 Å². The van der Waals surface area contributed by atoms with Crippen molar-refractivity contribution in [2.24, 2.45) is 11.3 Å². The second kappa shape index (κ2) is 9.38. The highest BCUT2D eigenvalue weighted by molar-refractivity contribution is 7.13. The van der Waals surface area contributed by atoms with E-state index in [-0.39, 0.29) is 11.8 Å². The predicted molar refractivity (Wildman–Crippen MR) is 135 cm³/mol. The summed E-state index contributed by atoms with van der Waals surface area (Å²) >= 11 is 7.66. The first-order chi connectivity index (χ1) is 16.0. The van der Waals surface area contributed by atoms with Crippen molar-refractivity contribution >= 4 is 39.9 Å². The quantitative estimate of drug-likeness (QED) is 0.601. The van der Waals surface area contributed by atoms with Crippen LogP contribution < -0.4 is 10.5 Å². The Kier molecular flexibility index (Phi) is 6.84. The van der Waals surface area contributed by atoms with Crippen LogP contribution >= 0.6 is 22.9 Å². The first-order valence-corrected chi connectivity index (χ1v) is 12.9. The van der Waals surface area contributed by atoms with Crippen LogP contribution in [0.4, 0.5) is 5.13 Å². The van der Waals surface area contributed by atoms with E-state index in [0.29, 0.717) is 39.4 Å². The van der Waals surface area contributed by atoms with E-state index in [2.05, 4.69) is 4.98 Å². The van der Waals surface area contributed by atoms with E-state index in [4.69, 9.17) is 22.1 Å². The number of hydrogen-bond acceptors (Lipinski definition) is 6. The minimum atomic E-state index is -0.663. The van der Waals surface area contributed by atoms with Gasteiger partial charge in [0.25, 0.3) is 5.91 Å². The average molecular weight is 505 g/mol. The van der Waals surface area contributed by atoms with Gasteiger partial charge in [-0.2, -0.15) is 0 Å². The fourth-order valence-corrected chi connectivity index (χ4v) is 5.99. The molecule has 1 aliphatic carbocycles. The fraction of sp³-hybridized carbons (Fsp3) is 0.560. The highest BCUT2D eigenvalue weighted by atomic mass is 35.5. The van der Waals surface area contributed by atoms with Crippen LogP contribution in [0.5, 0.6) is 5.75 Å². The minimum absolute atomic E-state index is 0.125. The molecule has 7 nitrogen and oxygen atoms in total. The first kappa shape index (κ1) is 24.8. The lowest BCUT2D eigenvalue weighted by molar-refractivity contribution is -0.138. The molecular weight excluding hydrogens is 472 g/mol. The Bertz CT molecular complexity index is 1080. The molecule has 0 bridgehead atoms. The molecule has 1 aliphatic heterocycles. The number of carbonyl (C=O) groups is 2. The number of rotatable bonds is 7. The zero-order valence-electron chi connectivity index (χ0n) is 20.3. The van der Waals surface area contributed by atoms with E-state index >= 15 is 0 Å². The number of thiazole rings is 1. The Morgan fingerprint density at radius 3 is 2.62 bits per heavy atom. The third-order valence-electron chi connectivity index (χ3n) is 7.41. The number of nitrogens with zero attached hydrogens (tertiary/aromatic N) is 3. The maximum Gasteiger partial charge on any atom is 0.254 e. The molecule has 2 aliphatic rings. The second-order valence-electron chi connectivity index (χ2n) is 10.2. The lowest BCUT2D eigenvalue weighted by atomic mass is 9.85. The van der Waals surface area contributed by atoms with Gasteiger partial charge in [-0.25, -0.2) is 4.98 Å². The summed E-state index contributed by atoms with van der Waals surface area (Å²) in [6, 6.07) is 5.22. The largest absolute Gasteiger partial charge is 0.494 e. The van der Waals surface area contributed by atoms with Crippen LogP contribution in [0.25, 0.3) is 0 Å². The van der Waals surface area contributed by atoms with Crippen LogP contribution in [0.1, 0.15) is 55.6 Å². The van der Waals surface area contributed by atoms with Crippen LogP contribution in [0.2, 0.25) is 5.02 Å². The number of anilines is 1. The van der Waals surface area contributed by atoms with Gasteiger partial charge in [-0.05, 0) is 69.1 Å². The zero-order chi connectivity index (χ0) is 24.7. The second-order valence-corrected chi connectivity index (χ2v) is 11.5. The Morgan fingerprint density at radius 1 is 1.32 bits per heavy atom. The number of amides is 2. The summed E-state index contributed by atoms with van der Waals surface area (Å²) < 4.78 is 5.93. The van der Waals surface area contributed by atoms with Crippen molar-refractivity contribution in [1.29, 1.82) is 0 Å². The van der Waals surface area contributed by atoms with Gasteiger partial charge < -0.3 is 20.3 Å². The van der Waals surface area contributed by atoms with Crippen LogP contribution in [0.15, 0.2) is 23.6 Å². The van der Waals surface area contributed by atoms with Crippen molar-refractivity contribution in [3.05, 3.63) is 39.9 Å². The van der Waals surface area contributed by atoms with Crippen LogP contribution in [0, 0.1) is 11.3 Å². The lowest BCUT2D eigenvalue weighted by Crippen LogP contribution is -2.47. The number of aromatic nitrogens is 1. The number of hydrogen-bond donors (Lipinski definition) is 1. The number of halogens is 1. The highest BCUT2D eigenvalue weighted by Crippen LogP contribution is 2.61. The summed E-state index contributed by atoms with van der Waals surface area (Å²) in [5.41, 5.74) is 6.68. The van der Waals surface area contributed by atoms with Gasteiger partial charge in [0, 0.05) is 32.6 Å². The topological polar surface area (TPSA) is 88.8 Å². The maximum absolute atomic E-state index is 13.2. The number of ether oxygens (including phenoxy) is 1. The molecule has 1 saturated heterocycles. The van der Waals surface area contributed by atoms with Crippen molar-refractivity contribution in [3.63, 3.8) is 0 Å². The Morgan fingerprint density at radius 2 is 2.03 bits per heavy atom. The van der Waals surface area contributed by atoms with Crippen molar-refractivity contribution in [2.45, 2.75) is 44.9 Å². The number of benzene rings is 1. The summed E-state index contributed by atoms with van der Waals surface area (Å²) in [6.45, 7) is 6.05. The molecule has 1 aromatic heterocycles. The molecule has 2 amide bonds. The molecule has 1 saturated carbocycles. The molecule has 2 aromatic rings. The van der Waals surface area contributed by atoms with Gasteiger partial charge in [0.1, 0.15) is 5.75 Å². The van der Waals surface area contributed by atoms with E-state index in [0.717, 1.165) is 38.0 Å². The van der Waals surface area contributed by atoms with Gasteiger partial charge >= 0.3 is 0 Å². The number of likely N-dealkylation sites (tertiary alicyclic amines) is 1. The fourth-order valence-electron chi connectivity index (χ4n) is 5.01. The molecule has 2 N–H and O–H groups in total. The molecule has 2 heterocycles. The smallest absolute Gasteiger partial charge is 0.254 e. The van der Waals surface area contributed by atoms with E-state index in [1.165, 1.54) is 22.7 Å². The first-order valence-electron chi connectivity index (χ1n) is 11.7. The number of nitrogens with two attached hydrogens (primary N) is 1. The van der Waals surface area contributed by atoms with Crippen LogP contribution in [-0.2, 0) is 10.2 Å². The number of carbonyl (C=O) groups excluding carboxylic acids is 2. The standard InChI is InChI=1S/C25H33ClN4O3S/c1-24(2,20-15-34-23(27)28-20)22(32)30-10-8-25(9-11-30)14-16(25)7-12-33-17-5-6-18(19(26)13-17)21(31)29(3)4/h5-6,13,15-16H,7-12,14H2,1-4H3,(H2,27,28)/t16-/m1/s1. The lowest BCUT2D eigenvalue weighted by Gasteiger charge is -2.37. The SMILES string of the molecule is CN(C)C(=O)c1ccc(OCC[C@@H]2CC23CCN(C(=O)C(C)(C)c2csc(N)n2)CC3)cc1Cl. The molecular formula is C25H33ClN4O3S. The van der Waals surface area contributed by atoms with E-state index in [9.17, 15) is 9.59 Å². The monoisotopic (exact) mass is 504 g/mol. The number of nitrogen functional groups attached to an aromatic ring is 1. The summed E-state index contributed by atoms with van der Waals surface area (Å²) in [5.74, 6) is 1.31. The summed E-state index contributed by atoms with van der Waals surface area (Å²) in [7, 11) is 3.40. The maximum atomic E-state index is 13.2. The van der Waals surface area contributed by atoms with Crippen LogP contribution in [-0.4, -0.2) is 60.4 Å². The summed E-state index contributed by atoms with van der Waals surface area (Å²) in [5, 5.41) is 2.78. The van der Waals surface area contributed by atoms with Gasteiger partial charge in [0.05, 0.1) is 28.3 Å². The predicted octanol–water partition coefficient (Wildman–Crippen LogP) is 4.46. The van der Waals surface area contributed by atoms with E-state index in [1.54, 1.807) is 32.3 Å². The molecule has 4 rings (SSSR count). The van der Waals surface area contributed by atoms with E-state index < -0.39 is 5.41 Å². The molecule has 184 valence electrons. The van der Waals surface area contributed by atoms with Crippen molar-refractivity contribution in [1.82, 2.24) is 14.8 Å². The molecule has 1 aromatic carbocycles. The highest BCUT2D eigenvalue weighted by Gasteiger charge is 2.55. The van der Waals surface area contributed by atoms with Gasteiger partial charge in [-0.3, -0.25) is 9.59 Å². The summed E-state index contributed by atoms with van der Waals surface area (Å²) in [6.07, 6.45) is 4.24. The Labute approximate surface area is 210 Å². The average Bonchev–Trinajstić information content (AvgIpc) is 3.24.